The lowest BCUT2D eigenvalue weighted by atomic mass is 9.95. The van der Waals surface area contributed by atoms with E-state index in [2.05, 4.69) is 16.9 Å². The minimum Gasteiger partial charge on any atom is -0.380 e. The number of aliphatic hydroxyl groups excluding tert-OH is 1. The largest absolute Gasteiger partial charge is 0.380 e. The molecule has 180 valence electrons. The monoisotopic (exact) mass is 465 g/mol. The van der Waals surface area contributed by atoms with Crippen LogP contribution in [0.2, 0.25) is 0 Å². The lowest BCUT2D eigenvalue weighted by molar-refractivity contribution is -0.119. The van der Waals surface area contributed by atoms with Crippen LogP contribution in [0.25, 0.3) is 5.69 Å². The summed E-state index contributed by atoms with van der Waals surface area (Å²) < 4.78 is 1.79. The zero-order valence-corrected chi connectivity index (χ0v) is 19.4. The Morgan fingerprint density at radius 3 is 2.65 bits per heavy atom. The number of fused-ring (bicyclic) bond motifs is 1. The van der Waals surface area contributed by atoms with Gasteiger partial charge in [-0.3, -0.25) is 14.4 Å². The van der Waals surface area contributed by atoms with E-state index in [9.17, 15) is 19.5 Å². The zero-order valence-electron chi connectivity index (χ0n) is 19.4. The van der Waals surface area contributed by atoms with Gasteiger partial charge in [-0.15, -0.1) is 0 Å². The molecule has 2 aromatic rings. The smallest absolute Gasteiger partial charge is 0.269 e. The molecule has 3 amide bonds. The molecular formula is C25H31N5O4. The molecule has 1 aromatic carbocycles. The molecule has 9 nitrogen and oxygen atoms in total. The Balaban J connectivity index is 0.000000469. The number of aliphatic hydroxyl groups is 1. The molecule has 0 unspecified atom stereocenters. The van der Waals surface area contributed by atoms with Crippen LogP contribution in [0, 0.1) is 17.8 Å². The first kappa shape index (κ1) is 25.0. The number of amides is 3. The number of carbonyl (C=O) groups excluding carboxylic acids is 3. The van der Waals surface area contributed by atoms with Crippen LogP contribution in [0.4, 0.5) is 0 Å². The number of nitrogens with two attached hydrogens (primary N) is 2. The Labute approximate surface area is 199 Å². The van der Waals surface area contributed by atoms with Crippen molar-refractivity contribution < 1.29 is 19.5 Å². The number of nitrogens with zero attached hydrogens (tertiary/aromatic N) is 3. The van der Waals surface area contributed by atoms with Gasteiger partial charge in [-0.05, 0) is 56.7 Å². The van der Waals surface area contributed by atoms with Crippen molar-refractivity contribution >= 4 is 18.2 Å². The van der Waals surface area contributed by atoms with Crippen LogP contribution in [0.5, 0.6) is 0 Å². The molecule has 2 aliphatic rings. The highest BCUT2D eigenvalue weighted by Gasteiger charge is 2.26. The SMILES string of the molecule is CN(C=O)CC[C@@H](O)C#Cc1cccc(-n2nc(C(N)=O)c3c2CCCC3)c1.NC(=O)C1CC1. The van der Waals surface area contributed by atoms with E-state index in [1.807, 2.05) is 24.3 Å². The molecule has 1 heterocycles. The van der Waals surface area contributed by atoms with Crippen LogP contribution in [0.15, 0.2) is 24.3 Å². The fourth-order valence-electron chi connectivity index (χ4n) is 3.71. The first-order chi connectivity index (χ1) is 16.3. The van der Waals surface area contributed by atoms with Crippen molar-refractivity contribution in [3.05, 3.63) is 46.8 Å². The lowest BCUT2D eigenvalue weighted by Crippen LogP contribution is -2.21. The van der Waals surface area contributed by atoms with Gasteiger partial charge in [0.25, 0.3) is 5.91 Å². The van der Waals surface area contributed by atoms with Crippen molar-refractivity contribution in [3.8, 4) is 17.5 Å². The molecule has 0 radical (unpaired) electrons. The fraction of sp³-hybridized carbons (Fsp3) is 0.440. The second kappa shape index (κ2) is 11.5. The average molecular weight is 466 g/mol. The van der Waals surface area contributed by atoms with Gasteiger partial charge in [0.1, 0.15) is 6.10 Å². The van der Waals surface area contributed by atoms with Gasteiger partial charge in [-0.1, -0.05) is 17.9 Å². The Bertz CT molecular complexity index is 1110. The molecule has 1 atom stereocenters. The van der Waals surface area contributed by atoms with Crippen LogP contribution >= 0.6 is 0 Å². The molecule has 34 heavy (non-hydrogen) atoms. The molecular weight excluding hydrogens is 434 g/mol. The van der Waals surface area contributed by atoms with Gasteiger partial charge in [0.2, 0.25) is 12.3 Å². The molecule has 0 spiro atoms. The third kappa shape index (κ3) is 6.68. The average Bonchev–Trinajstić information content (AvgIpc) is 3.62. The van der Waals surface area contributed by atoms with Crippen LogP contribution < -0.4 is 11.5 Å². The van der Waals surface area contributed by atoms with Crippen LogP contribution in [0.3, 0.4) is 0 Å². The minimum atomic E-state index is -0.815. The van der Waals surface area contributed by atoms with Gasteiger partial charge in [0.05, 0.1) is 5.69 Å². The molecule has 1 fully saturated rings. The minimum absolute atomic E-state index is 0.130. The van der Waals surface area contributed by atoms with Gasteiger partial charge < -0.3 is 21.5 Å². The number of rotatable bonds is 7. The first-order valence-corrected chi connectivity index (χ1v) is 11.5. The Hall–Kier alpha value is -3.64. The number of aromatic nitrogens is 2. The van der Waals surface area contributed by atoms with E-state index in [-0.39, 0.29) is 11.8 Å². The number of hydrogen-bond donors (Lipinski definition) is 3. The summed E-state index contributed by atoms with van der Waals surface area (Å²) in [7, 11) is 1.65. The lowest BCUT2D eigenvalue weighted by Gasteiger charge is -2.14. The normalized spacial score (nSPS) is 15.0. The van der Waals surface area contributed by atoms with Gasteiger partial charge in [-0.25, -0.2) is 4.68 Å². The highest BCUT2D eigenvalue weighted by Crippen LogP contribution is 2.28. The molecule has 9 heteroatoms. The number of hydrogen-bond acceptors (Lipinski definition) is 5. The standard InChI is InChI=1S/C21H24N4O3.C4H7NO/c1-24(14-26)12-11-17(27)10-9-15-5-4-6-16(13-15)25-19-8-3-2-7-18(19)20(23-25)21(22)28;5-4(6)3-1-2-3/h4-6,13-14,17,27H,2-3,7-8,11-12H2,1H3,(H2,22,28);3H,1-2H2,(H2,5,6)/t17-;/m0./s1. The topological polar surface area (TPSA) is 145 Å². The molecule has 5 N–H and O–H groups in total. The van der Waals surface area contributed by atoms with Crippen LogP contribution in [0.1, 0.15) is 59.4 Å². The highest BCUT2D eigenvalue weighted by molar-refractivity contribution is 5.92. The predicted octanol–water partition coefficient (Wildman–Crippen LogP) is 0.922. The van der Waals surface area contributed by atoms with Crippen LogP contribution in [-0.2, 0) is 22.4 Å². The summed E-state index contributed by atoms with van der Waals surface area (Å²) in [6, 6.07) is 7.51. The van der Waals surface area contributed by atoms with E-state index < -0.39 is 12.0 Å². The Morgan fingerprint density at radius 2 is 2.03 bits per heavy atom. The summed E-state index contributed by atoms with van der Waals surface area (Å²) in [6.45, 7) is 0.439. The molecule has 0 bridgehead atoms. The van der Waals surface area contributed by atoms with E-state index in [0.29, 0.717) is 25.1 Å². The van der Waals surface area contributed by atoms with Crippen molar-refractivity contribution in [3.63, 3.8) is 0 Å². The van der Waals surface area contributed by atoms with Gasteiger partial charge in [0, 0.05) is 42.8 Å². The number of carbonyl (C=O) groups is 3. The second-order valence-electron chi connectivity index (χ2n) is 8.64. The zero-order chi connectivity index (χ0) is 24.7. The second-order valence-corrected chi connectivity index (χ2v) is 8.64. The number of primary amides is 2. The number of benzene rings is 1. The van der Waals surface area contributed by atoms with Crippen molar-refractivity contribution in [2.24, 2.45) is 17.4 Å². The van der Waals surface area contributed by atoms with Gasteiger partial charge in [0.15, 0.2) is 5.69 Å². The van der Waals surface area contributed by atoms with E-state index in [1.165, 1.54) is 4.90 Å². The fourth-order valence-corrected chi connectivity index (χ4v) is 3.71. The third-order valence-corrected chi connectivity index (χ3v) is 5.80. The summed E-state index contributed by atoms with van der Waals surface area (Å²) in [4.78, 5) is 33.8. The molecule has 0 saturated heterocycles. The summed E-state index contributed by atoms with van der Waals surface area (Å²) in [5, 5.41) is 14.4. The molecule has 2 aliphatic carbocycles. The van der Waals surface area contributed by atoms with Gasteiger partial charge in [-0.2, -0.15) is 5.10 Å². The Kier molecular flexibility index (Phi) is 8.44. The maximum atomic E-state index is 11.8. The molecule has 0 aliphatic heterocycles. The predicted molar refractivity (Wildman–Crippen MR) is 127 cm³/mol. The molecule has 1 saturated carbocycles. The van der Waals surface area contributed by atoms with E-state index in [4.69, 9.17) is 11.5 Å². The first-order valence-electron chi connectivity index (χ1n) is 11.5. The van der Waals surface area contributed by atoms with Crippen molar-refractivity contribution in [2.45, 2.75) is 51.0 Å². The molecule has 1 aromatic heterocycles. The Morgan fingerprint density at radius 1 is 1.29 bits per heavy atom. The van der Waals surface area contributed by atoms with E-state index in [1.54, 1.807) is 11.7 Å². The van der Waals surface area contributed by atoms with Gasteiger partial charge >= 0.3 is 0 Å². The maximum Gasteiger partial charge on any atom is 0.269 e. The van der Waals surface area contributed by atoms with Crippen molar-refractivity contribution in [1.29, 1.82) is 0 Å². The summed E-state index contributed by atoms with van der Waals surface area (Å²) in [5.74, 6) is 5.38. The highest BCUT2D eigenvalue weighted by atomic mass is 16.3. The maximum absolute atomic E-state index is 11.8. The van der Waals surface area contributed by atoms with E-state index >= 15 is 0 Å². The quantitative estimate of drug-likeness (QED) is 0.411. The summed E-state index contributed by atoms with van der Waals surface area (Å²) in [5.41, 5.74) is 14.2. The van der Waals surface area contributed by atoms with Crippen molar-refractivity contribution in [2.75, 3.05) is 13.6 Å². The summed E-state index contributed by atoms with van der Waals surface area (Å²) >= 11 is 0. The molecule has 4 rings (SSSR count). The van der Waals surface area contributed by atoms with Crippen LogP contribution in [-0.4, -0.2) is 57.7 Å². The van der Waals surface area contributed by atoms with E-state index in [0.717, 1.165) is 61.0 Å². The summed E-state index contributed by atoms with van der Waals surface area (Å²) in [6.07, 6.45) is 6.09. The third-order valence-electron chi connectivity index (χ3n) is 5.80. The van der Waals surface area contributed by atoms with Crippen molar-refractivity contribution in [1.82, 2.24) is 14.7 Å².